The SMILES string of the molecule is CCCCC/C=C\C/C=C\CCCCCCCCCC(=O)OCCCCCCCCCCC/C=C\C/C=C\CCCCCCCCCCCCCC(=O)NC(CO)C(O)/C=C/CCCCCCCCCC. The minimum Gasteiger partial charge on any atom is -0.466 e. The first kappa shape index (κ1) is 68.6. The number of ether oxygens (including phenoxy) is 1. The molecule has 3 N–H and O–H groups in total. The van der Waals surface area contributed by atoms with Crippen LogP contribution in [0.3, 0.4) is 0 Å². The number of carbonyl (C=O) groups is 2. The number of allylic oxidation sites excluding steroid dienone is 9. The van der Waals surface area contributed by atoms with E-state index >= 15 is 0 Å². The van der Waals surface area contributed by atoms with Gasteiger partial charge >= 0.3 is 5.97 Å². The molecule has 0 fully saturated rings. The predicted octanol–water partition coefficient (Wildman–Crippen LogP) is 19.5. The van der Waals surface area contributed by atoms with Crippen LogP contribution in [0.5, 0.6) is 0 Å². The Morgan fingerprint density at radius 3 is 1.10 bits per heavy atom. The molecule has 0 heterocycles. The smallest absolute Gasteiger partial charge is 0.305 e. The average molecular weight is 995 g/mol. The first-order chi connectivity index (χ1) is 35.0. The van der Waals surface area contributed by atoms with E-state index in [0.717, 1.165) is 57.8 Å². The summed E-state index contributed by atoms with van der Waals surface area (Å²) in [6.45, 7) is 4.85. The Morgan fingerprint density at radius 1 is 0.394 bits per heavy atom. The Bertz CT molecular complexity index is 1240. The summed E-state index contributed by atoms with van der Waals surface area (Å²) in [5.74, 6) is -0.0719. The van der Waals surface area contributed by atoms with Crippen LogP contribution < -0.4 is 5.32 Å². The van der Waals surface area contributed by atoms with Gasteiger partial charge in [0.25, 0.3) is 0 Å². The van der Waals surface area contributed by atoms with Crippen molar-refractivity contribution in [3.63, 3.8) is 0 Å². The molecule has 1 amide bonds. The summed E-state index contributed by atoms with van der Waals surface area (Å²) < 4.78 is 5.48. The van der Waals surface area contributed by atoms with Gasteiger partial charge in [-0.1, -0.05) is 267 Å². The monoisotopic (exact) mass is 994 g/mol. The van der Waals surface area contributed by atoms with Crippen LogP contribution in [-0.4, -0.2) is 47.4 Å². The summed E-state index contributed by atoms with van der Waals surface area (Å²) in [5, 5.41) is 23.0. The number of hydrogen-bond acceptors (Lipinski definition) is 5. The maximum Gasteiger partial charge on any atom is 0.305 e. The van der Waals surface area contributed by atoms with Crippen LogP contribution in [0.15, 0.2) is 60.8 Å². The van der Waals surface area contributed by atoms with Crippen LogP contribution in [0.1, 0.15) is 316 Å². The maximum absolute atomic E-state index is 12.4. The Labute approximate surface area is 441 Å². The first-order valence-electron chi connectivity index (χ1n) is 31.1. The van der Waals surface area contributed by atoms with Crippen molar-refractivity contribution in [2.24, 2.45) is 0 Å². The lowest BCUT2D eigenvalue weighted by atomic mass is 10.0. The van der Waals surface area contributed by atoms with E-state index in [1.54, 1.807) is 6.08 Å². The summed E-state index contributed by atoms with van der Waals surface area (Å²) in [4.78, 5) is 24.5. The molecule has 0 saturated heterocycles. The zero-order valence-electron chi connectivity index (χ0n) is 47.2. The molecule has 0 bridgehead atoms. The Kier molecular flexibility index (Phi) is 58.1. The third kappa shape index (κ3) is 56.7. The van der Waals surface area contributed by atoms with E-state index in [4.69, 9.17) is 4.74 Å². The Morgan fingerprint density at radius 2 is 0.704 bits per heavy atom. The summed E-state index contributed by atoms with van der Waals surface area (Å²) in [6.07, 6.45) is 78.4. The number of rotatable bonds is 57. The molecule has 71 heavy (non-hydrogen) atoms. The number of nitrogens with one attached hydrogen (secondary N) is 1. The van der Waals surface area contributed by atoms with Crippen molar-refractivity contribution in [3.05, 3.63) is 60.8 Å². The van der Waals surface area contributed by atoms with Crippen LogP contribution in [0, 0.1) is 0 Å². The van der Waals surface area contributed by atoms with Crippen molar-refractivity contribution >= 4 is 11.9 Å². The lowest BCUT2D eigenvalue weighted by Crippen LogP contribution is -2.45. The molecule has 0 rings (SSSR count). The molecule has 0 aromatic carbocycles. The number of amides is 1. The highest BCUT2D eigenvalue weighted by Crippen LogP contribution is 2.16. The number of hydrogen-bond donors (Lipinski definition) is 3. The molecule has 0 spiro atoms. The highest BCUT2D eigenvalue weighted by atomic mass is 16.5. The lowest BCUT2D eigenvalue weighted by Gasteiger charge is -2.20. The van der Waals surface area contributed by atoms with Gasteiger partial charge in [-0.25, -0.2) is 0 Å². The van der Waals surface area contributed by atoms with Crippen molar-refractivity contribution in [1.82, 2.24) is 5.32 Å². The molecule has 2 atom stereocenters. The number of aliphatic hydroxyl groups excluding tert-OH is 2. The molecule has 0 aromatic rings. The molecule has 2 unspecified atom stereocenters. The zero-order valence-corrected chi connectivity index (χ0v) is 47.2. The Balaban J connectivity index is 3.42. The highest BCUT2D eigenvalue weighted by Gasteiger charge is 2.18. The van der Waals surface area contributed by atoms with Crippen LogP contribution in [0.25, 0.3) is 0 Å². The summed E-state index contributed by atoms with van der Waals surface area (Å²) >= 11 is 0. The normalized spacial score (nSPS) is 13.0. The largest absolute Gasteiger partial charge is 0.466 e. The van der Waals surface area contributed by atoms with Gasteiger partial charge < -0.3 is 20.3 Å². The van der Waals surface area contributed by atoms with E-state index < -0.39 is 12.1 Å². The van der Waals surface area contributed by atoms with Gasteiger partial charge in [0.2, 0.25) is 5.91 Å². The first-order valence-corrected chi connectivity index (χ1v) is 31.1. The molecule has 0 aliphatic heterocycles. The van der Waals surface area contributed by atoms with Crippen molar-refractivity contribution in [3.8, 4) is 0 Å². The zero-order chi connectivity index (χ0) is 51.4. The van der Waals surface area contributed by atoms with Gasteiger partial charge in [-0.15, -0.1) is 0 Å². The minimum absolute atomic E-state index is 0.00177. The third-order valence-corrected chi connectivity index (χ3v) is 14.0. The van der Waals surface area contributed by atoms with E-state index in [1.165, 1.54) is 231 Å². The predicted molar refractivity (Wildman–Crippen MR) is 310 cm³/mol. The van der Waals surface area contributed by atoms with Gasteiger partial charge in [0.05, 0.1) is 25.4 Å². The van der Waals surface area contributed by atoms with Crippen molar-refractivity contribution in [2.75, 3.05) is 13.2 Å². The second-order valence-electron chi connectivity index (χ2n) is 21.0. The maximum atomic E-state index is 12.4. The number of esters is 1. The third-order valence-electron chi connectivity index (χ3n) is 14.0. The average Bonchev–Trinajstić information content (AvgIpc) is 3.37. The minimum atomic E-state index is -0.846. The van der Waals surface area contributed by atoms with E-state index in [9.17, 15) is 19.8 Å². The molecule has 0 aromatic heterocycles. The molecular weight excluding hydrogens is 875 g/mol. The molecule has 6 nitrogen and oxygen atoms in total. The molecule has 0 aliphatic rings. The second kappa shape index (κ2) is 60.1. The van der Waals surface area contributed by atoms with Gasteiger partial charge in [0.15, 0.2) is 0 Å². The van der Waals surface area contributed by atoms with Crippen molar-refractivity contribution in [2.45, 2.75) is 328 Å². The highest BCUT2D eigenvalue weighted by molar-refractivity contribution is 5.76. The van der Waals surface area contributed by atoms with E-state index in [0.29, 0.717) is 19.4 Å². The van der Waals surface area contributed by atoms with Gasteiger partial charge in [-0.2, -0.15) is 0 Å². The summed E-state index contributed by atoms with van der Waals surface area (Å²) in [6, 6.07) is -0.630. The van der Waals surface area contributed by atoms with Crippen LogP contribution in [-0.2, 0) is 14.3 Å². The molecule has 0 saturated carbocycles. The van der Waals surface area contributed by atoms with Crippen molar-refractivity contribution in [1.29, 1.82) is 0 Å². The van der Waals surface area contributed by atoms with E-state index in [1.807, 2.05) is 6.08 Å². The van der Waals surface area contributed by atoms with Crippen LogP contribution in [0.4, 0.5) is 0 Å². The van der Waals surface area contributed by atoms with Gasteiger partial charge in [-0.05, 0) is 96.3 Å². The Hall–Kier alpha value is -2.44. The fourth-order valence-electron chi connectivity index (χ4n) is 9.22. The van der Waals surface area contributed by atoms with Crippen molar-refractivity contribution < 1.29 is 24.5 Å². The van der Waals surface area contributed by atoms with Gasteiger partial charge in [-0.3, -0.25) is 9.59 Å². The second-order valence-corrected chi connectivity index (χ2v) is 21.0. The number of unbranched alkanes of at least 4 members (excludes halogenated alkanes) is 38. The summed E-state index contributed by atoms with van der Waals surface area (Å²) in [7, 11) is 0. The molecule has 414 valence electrons. The van der Waals surface area contributed by atoms with Crippen LogP contribution in [0.2, 0.25) is 0 Å². The van der Waals surface area contributed by atoms with Gasteiger partial charge in [0.1, 0.15) is 0 Å². The van der Waals surface area contributed by atoms with E-state index in [2.05, 4.69) is 67.8 Å². The quantitative estimate of drug-likeness (QED) is 0.0321. The molecular formula is C65H119NO5. The lowest BCUT2D eigenvalue weighted by molar-refractivity contribution is -0.143. The molecule has 0 radical (unpaired) electrons. The molecule has 6 heteroatoms. The fourth-order valence-corrected chi connectivity index (χ4v) is 9.22. The standard InChI is InChI=1S/C65H119NO5/c1-3-5-7-9-11-13-15-16-17-29-33-36-39-43-47-51-55-59-65(70)71-60-56-52-48-44-40-37-34-31-28-26-24-22-20-18-19-21-23-25-27-30-32-35-38-42-46-50-54-58-64(69)66-62(61-67)63(68)57-53-49-45-41-14-12-10-8-6-4-2/h11,13,16-19,22,24,53,57,62-63,67-68H,3-10,12,14-15,20-21,23,25-52,54-56,58-61H2,1-2H3,(H,66,69)/b13-11-,17-16-,19-18-,24-22-,57-53+. The van der Waals surface area contributed by atoms with Crippen LogP contribution >= 0.6 is 0 Å². The fraction of sp³-hybridized carbons (Fsp3) is 0.815. The molecule has 0 aliphatic carbocycles. The van der Waals surface area contributed by atoms with E-state index in [-0.39, 0.29) is 18.5 Å². The number of carbonyl (C=O) groups excluding carboxylic acids is 2. The summed E-state index contributed by atoms with van der Waals surface area (Å²) in [5.41, 5.74) is 0. The number of aliphatic hydroxyl groups is 2. The van der Waals surface area contributed by atoms with Gasteiger partial charge in [0, 0.05) is 12.8 Å². The topological polar surface area (TPSA) is 95.9 Å².